The summed E-state index contributed by atoms with van der Waals surface area (Å²) in [6.45, 7) is 3.60. The molecular formula is C10H17Cl4N5. The molecule has 1 saturated heterocycles. The van der Waals surface area contributed by atoms with Gasteiger partial charge < -0.3 is 15.1 Å². The Labute approximate surface area is 135 Å². The van der Waals surface area contributed by atoms with Gasteiger partial charge in [-0.2, -0.15) is 9.97 Å². The molecule has 0 amide bonds. The first-order chi connectivity index (χ1) is 8.09. The zero-order valence-electron chi connectivity index (χ0n) is 10.7. The predicted molar refractivity (Wildman–Crippen MR) is 86.0 cm³/mol. The van der Waals surface area contributed by atoms with E-state index in [9.17, 15) is 0 Å². The van der Waals surface area contributed by atoms with E-state index >= 15 is 0 Å². The molecule has 0 aliphatic carbocycles. The van der Waals surface area contributed by atoms with Crippen LogP contribution in [0.5, 0.6) is 0 Å². The molecule has 0 bridgehead atoms. The maximum atomic E-state index is 6.17. The average Bonchev–Trinajstić information content (AvgIpc) is 2.33. The maximum absolute atomic E-state index is 6.17. The van der Waals surface area contributed by atoms with E-state index in [0.717, 1.165) is 32.0 Å². The van der Waals surface area contributed by atoms with Crippen LogP contribution in [-0.4, -0.2) is 50.2 Å². The third kappa shape index (κ3) is 4.39. The average molecular weight is 349 g/mol. The minimum absolute atomic E-state index is 0. The largest absolute Gasteiger partial charge is 0.353 e. The third-order valence-electron chi connectivity index (χ3n) is 2.60. The summed E-state index contributed by atoms with van der Waals surface area (Å²) in [5.74, 6) is 1.30. The molecule has 0 radical (unpaired) electrons. The Hall–Kier alpha value is -0.200. The normalized spacial score (nSPS) is 14.4. The molecule has 0 atom stereocenters. The van der Waals surface area contributed by atoms with Crippen molar-refractivity contribution < 1.29 is 0 Å². The predicted octanol–water partition coefficient (Wildman–Crippen LogP) is 2.10. The summed E-state index contributed by atoms with van der Waals surface area (Å²) in [5, 5.41) is 4.02. The molecule has 2 rings (SSSR count). The van der Waals surface area contributed by atoms with Gasteiger partial charge in [-0.15, -0.1) is 24.8 Å². The first-order valence-corrected chi connectivity index (χ1v) is 6.21. The summed E-state index contributed by atoms with van der Waals surface area (Å²) in [5.41, 5.74) is 0. The van der Waals surface area contributed by atoms with Crippen LogP contribution in [0.15, 0.2) is 0 Å². The standard InChI is InChI=1S/C10H15Cl2N5.2ClH/c1-16(2)10-14-8(12)7(11)9(15-10)17-5-3-13-4-6-17;;/h13H,3-6H2,1-2H3;2*1H. The number of hydrogen-bond donors (Lipinski definition) is 1. The Morgan fingerprint density at radius 1 is 1.11 bits per heavy atom. The third-order valence-corrected chi connectivity index (χ3v) is 3.32. The van der Waals surface area contributed by atoms with E-state index < -0.39 is 0 Å². The summed E-state index contributed by atoms with van der Waals surface area (Å²) >= 11 is 12.2. The van der Waals surface area contributed by atoms with E-state index in [1.54, 1.807) is 0 Å². The fourth-order valence-electron chi connectivity index (χ4n) is 1.68. The van der Waals surface area contributed by atoms with Gasteiger partial charge in [0.2, 0.25) is 5.95 Å². The van der Waals surface area contributed by atoms with Crippen LogP contribution in [0.2, 0.25) is 10.2 Å². The molecular weight excluding hydrogens is 332 g/mol. The van der Waals surface area contributed by atoms with Crippen molar-refractivity contribution in [1.82, 2.24) is 15.3 Å². The number of anilines is 2. The van der Waals surface area contributed by atoms with Gasteiger partial charge in [0.15, 0.2) is 11.0 Å². The minimum Gasteiger partial charge on any atom is -0.353 e. The highest BCUT2D eigenvalue weighted by Crippen LogP contribution is 2.31. The fourth-order valence-corrected chi connectivity index (χ4v) is 2.05. The molecule has 1 aliphatic heterocycles. The van der Waals surface area contributed by atoms with Crippen molar-refractivity contribution in [1.29, 1.82) is 0 Å². The highest BCUT2D eigenvalue weighted by Gasteiger charge is 2.19. The second-order valence-electron chi connectivity index (χ2n) is 4.08. The number of halogens is 4. The molecule has 1 aromatic rings. The number of nitrogens with zero attached hydrogens (tertiary/aromatic N) is 4. The Bertz CT molecular complexity index is 409. The molecule has 0 unspecified atom stereocenters. The lowest BCUT2D eigenvalue weighted by Crippen LogP contribution is -2.44. The molecule has 1 N–H and O–H groups in total. The molecule has 9 heteroatoms. The second-order valence-corrected chi connectivity index (χ2v) is 4.82. The van der Waals surface area contributed by atoms with E-state index in [2.05, 4.69) is 20.2 Å². The molecule has 5 nitrogen and oxygen atoms in total. The Morgan fingerprint density at radius 3 is 2.21 bits per heavy atom. The quantitative estimate of drug-likeness (QED) is 0.829. The summed E-state index contributed by atoms with van der Waals surface area (Å²) in [7, 11) is 3.75. The van der Waals surface area contributed by atoms with Crippen LogP contribution >= 0.6 is 48.0 Å². The van der Waals surface area contributed by atoms with Crippen LogP contribution in [0.4, 0.5) is 11.8 Å². The van der Waals surface area contributed by atoms with Crippen molar-refractivity contribution in [3.63, 3.8) is 0 Å². The monoisotopic (exact) mass is 347 g/mol. The molecule has 110 valence electrons. The fraction of sp³-hybridized carbons (Fsp3) is 0.600. The van der Waals surface area contributed by atoms with Gasteiger partial charge in [-0.1, -0.05) is 23.2 Å². The lowest BCUT2D eigenvalue weighted by molar-refractivity contribution is 0.584. The highest BCUT2D eigenvalue weighted by molar-refractivity contribution is 6.42. The van der Waals surface area contributed by atoms with E-state index in [1.165, 1.54) is 0 Å². The van der Waals surface area contributed by atoms with Crippen molar-refractivity contribution >= 4 is 59.8 Å². The summed E-state index contributed by atoms with van der Waals surface area (Å²) < 4.78 is 0. The van der Waals surface area contributed by atoms with Crippen molar-refractivity contribution in [2.24, 2.45) is 0 Å². The number of hydrogen-bond acceptors (Lipinski definition) is 5. The van der Waals surface area contributed by atoms with Crippen LogP contribution in [0.3, 0.4) is 0 Å². The van der Waals surface area contributed by atoms with Crippen molar-refractivity contribution in [2.75, 3.05) is 50.1 Å². The van der Waals surface area contributed by atoms with E-state index in [1.807, 2.05) is 19.0 Å². The summed E-state index contributed by atoms with van der Waals surface area (Å²) in [6.07, 6.45) is 0. The van der Waals surface area contributed by atoms with Crippen LogP contribution in [0.25, 0.3) is 0 Å². The molecule has 2 heterocycles. The van der Waals surface area contributed by atoms with Crippen molar-refractivity contribution in [2.45, 2.75) is 0 Å². The lowest BCUT2D eigenvalue weighted by atomic mass is 10.3. The van der Waals surface area contributed by atoms with Crippen molar-refractivity contribution in [3.05, 3.63) is 10.2 Å². The van der Waals surface area contributed by atoms with Crippen LogP contribution in [-0.2, 0) is 0 Å². The van der Waals surface area contributed by atoms with Crippen LogP contribution in [0, 0.1) is 0 Å². The van der Waals surface area contributed by atoms with Crippen LogP contribution < -0.4 is 15.1 Å². The lowest BCUT2D eigenvalue weighted by Gasteiger charge is -2.29. The van der Waals surface area contributed by atoms with Gasteiger partial charge in [0.1, 0.15) is 5.02 Å². The van der Waals surface area contributed by atoms with Crippen LogP contribution in [0.1, 0.15) is 0 Å². The first kappa shape index (κ1) is 18.8. The molecule has 1 aliphatic rings. The Balaban J connectivity index is 0.00000162. The summed E-state index contributed by atoms with van der Waals surface area (Å²) in [6, 6.07) is 0. The van der Waals surface area contributed by atoms with Gasteiger partial charge in [0.05, 0.1) is 0 Å². The molecule has 0 aromatic carbocycles. The second kappa shape index (κ2) is 8.17. The number of rotatable bonds is 2. The number of aromatic nitrogens is 2. The molecule has 19 heavy (non-hydrogen) atoms. The molecule has 0 saturated carbocycles. The first-order valence-electron chi connectivity index (χ1n) is 5.45. The zero-order valence-corrected chi connectivity index (χ0v) is 13.8. The van der Waals surface area contributed by atoms with Gasteiger partial charge in [0.25, 0.3) is 0 Å². The number of nitrogens with one attached hydrogen (secondary N) is 1. The highest BCUT2D eigenvalue weighted by atomic mass is 35.5. The van der Waals surface area contributed by atoms with Crippen molar-refractivity contribution in [3.8, 4) is 0 Å². The van der Waals surface area contributed by atoms with Gasteiger partial charge >= 0.3 is 0 Å². The summed E-state index contributed by atoms with van der Waals surface area (Å²) in [4.78, 5) is 12.5. The smallest absolute Gasteiger partial charge is 0.228 e. The van der Waals surface area contributed by atoms with Gasteiger partial charge in [-0.25, -0.2) is 0 Å². The SMILES string of the molecule is CN(C)c1nc(Cl)c(Cl)c(N2CCNCC2)n1.Cl.Cl. The van der Waals surface area contributed by atoms with E-state index in [-0.39, 0.29) is 24.8 Å². The topological polar surface area (TPSA) is 44.3 Å². The van der Waals surface area contributed by atoms with E-state index in [0.29, 0.717) is 16.1 Å². The Kier molecular flexibility index (Phi) is 8.08. The molecule has 0 spiro atoms. The van der Waals surface area contributed by atoms with Gasteiger partial charge in [-0.05, 0) is 0 Å². The van der Waals surface area contributed by atoms with Gasteiger partial charge in [0, 0.05) is 40.3 Å². The Morgan fingerprint density at radius 2 is 1.68 bits per heavy atom. The van der Waals surface area contributed by atoms with Gasteiger partial charge in [-0.3, -0.25) is 0 Å². The maximum Gasteiger partial charge on any atom is 0.228 e. The zero-order chi connectivity index (χ0) is 12.4. The number of piperazine rings is 1. The minimum atomic E-state index is 0. The molecule has 1 aromatic heterocycles. The van der Waals surface area contributed by atoms with E-state index in [4.69, 9.17) is 23.2 Å². The molecule has 1 fully saturated rings.